The van der Waals surface area contributed by atoms with Crippen molar-refractivity contribution < 1.29 is 18.7 Å². The lowest BCUT2D eigenvalue weighted by Gasteiger charge is -2.41. The first-order valence-electron chi connectivity index (χ1n) is 5.69. The van der Waals surface area contributed by atoms with Crippen molar-refractivity contribution in [3.8, 4) is 0 Å². The van der Waals surface area contributed by atoms with Crippen molar-refractivity contribution in [3.05, 3.63) is 24.0 Å². The molecule has 0 aliphatic heterocycles. The number of nitrogens with one attached hydrogen (secondary N) is 1. The van der Waals surface area contributed by atoms with Gasteiger partial charge in [-0.25, -0.2) is 0 Å². The Morgan fingerprint density at radius 1 is 1.56 bits per heavy atom. The lowest BCUT2D eigenvalue weighted by atomic mass is 9.75. The molecule has 1 aromatic rings. The molecule has 1 heterocycles. The Bertz CT molecular complexity index is 473. The van der Waals surface area contributed by atoms with Gasteiger partial charge in [0.25, 0.3) is 5.91 Å². The summed E-state index contributed by atoms with van der Waals surface area (Å²) in [5, 5.41) is 11.8. The molecule has 1 amide bonds. The molecule has 2 rings (SSSR count). The van der Waals surface area contributed by atoms with E-state index in [1.807, 2.05) is 0 Å². The number of rotatable bonds is 3. The third kappa shape index (κ3) is 1.96. The number of carbonyl (C=O) groups excluding carboxylic acids is 1. The van der Waals surface area contributed by atoms with Gasteiger partial charge in [0.05, 0.1) is 0 Å². The summed E-state index contributed by atoms with van der Waals surface area (Å²) in [7, 11) is 0. The number of amides is 1. The Morgan fingerprint density at radius 3 is 2.72 bits per heavy atom. The summed E-state index contributed by atoms with van der Waals surface area (Å²) in [6.07, 6.45) is 3.27. The molecule has 0 atom stereocenters. The number of hydrogen-bond acceptors (Lipinski definition) is 3. The van der Waals surface area contributed by atoms with Gasteiger partial charge in [0.2, 0.25) is 0 Å². The normalized spacial score (nSPS) is 18.0. The number of aryl methyl sites for hydroxylation is 1. The Morgan fingerprint density at radius 2 is 2.22 bits per heavy atom. The number of hydrogen-bond donors (Lipinski definition) is 2. The van der Waals surface area contributed by atoms with E-state index in [1.165, 1.54) is 18.5 Å². The van der Waals surface area contributed by atoms with Crippen LogP contribution >= 0.6 is 0 Å². The molecule has 2 N–H and O–H groups in total. The highest BCUT2D eigenvalue weighted by molar-refractivity contribution is 5.97. The fraction of sp³-hybridized carbons (Fsp3) is 0.500. The molecule has 18 heavy (non-hydrogen) atoms. The van der Waals surface area contributed by atoms with E-state index in [4.69, 9.17) is 0 Å². The van der Waals surface area contributed by atoms with E-state index >= 15 is 0 Å². The second-order valence-electron chi connectivity index (χ2n) is 4.60. The molecule has 1 aromatic heterocycles. The van der Waals surface area contributed by atoms with Gasteiger partial charge in [-0.2, -0.15) is 8.78 Å². The van der Waals surface area contributed by atoms with Crippen LogP contribution in [0.2, 0.25) is 0 Å². The number of pyridine rings is 1. The first kappa shape index (κ1) is 12.9. The van der Waals surface area contributed by atoms with E-state index in [-0.39, 0.29) is 18.5 Å². The highest BCUT2D eigenvalue weighted by Gasteiger charge is 2.61. The van der Waals surface area contributed by atoms with E-state index in [0.717, 1.165) is 0 Å². The van der Waals surface area contributed by atoms with Gasteiger partial charge >= 0.3 is 5.92 Å². The van der Waals surface area contributed by atoms with Crippen LogP contribution in [0.4, 0.5) is 14.5 Å². The monoisotopic (exact) mass is 256 g/mol. The molecule has 0 spiro atoms. The molecule has 4 nitrogen and oxygen atoms in total. The van der Waals surface area contributed by atoms with Crippen LogP contribution in [0, 0.1) is 6.92 Å². The predicted molar refractivity (Wildman–Crippen MR) is 61.4 cm³/mol. The van der Waals surface area contributed by atoms with Crippen LogP contribution in [0.5, 0.6) is 0 Å². The van der Waals surface area contributed by atoms with Gasteiger partial charge in [-0.1, -0.05) is 0 Å². The molecular weight excluding hydrogens is 242 g/mol. The van der Waals surface area contributed by atoms with Crippen LogP contribution in [0.15, 0.2) is 18.5 Å². The van der Waals surface area contributed by atoms with E-state index in [0.29, 0.717) is 12.0 Å². The zero-order chi connectivity index (χ0) is 13.4. The lowest BCUT2D eigenvalue weighted by molar-refractivity contribution is -0.212. The highest BCUT2D eigenvalue weighted by atomic mass is 19.3. The molecule has 6 heteroatoms. The van der Waals surface area contributed by atoms with Crippen LogP contribution < -0.4 is 5.32 Å². The second kappa shape index (κ2) is 4.28. The molecule has 98 valence electrons. The summed E-state index contributed by atoms with van der Waals surface area (Å²) >= 11 is 0. The first-order chi connectivity index (χ1) is 8.37. The van der Waals surface area contributed by atoms with Gasteiger partial charge < -0.3 is 10.4 Å². The molecule has 1 fully saturated rings. The molecule has 1 aliphatic carbocycles. The number of halogens is 2. The van der Waals surface area contributed by atoms with Gasteiger partial charge in [-0.05, 0) is 37.8 Å². The van der Waals surface area contributed by atoms with Crippen LogP contribution in [0.25, 0.3) is 0 Å². The third-order valence-corrected chi connectivity index (χ3v) is 3.32. The van der Waals surface area contributed by atoms with E-state index < -0.39 is 17.4 Å². The summed E-state index contributed by atoms with van der Waals surface area (Å²) < 4.78 is 27.6. The molecule has 0 aromatic carbocycles. The first-order valence-corrected chi connectivity index (χ1v) is 5.69. The van der Waals surface area contributed by atoms with Gasteiger partial charge in [0.1, 0.15) is 5.60 Å². The Balaban J connectivity index is 2.15. The molecular formula is C12H14F2N2O2. The standard InChI is InChI=1S/C12H14F2N2O2/c1-8-7-15-6-3-9(8)16-10(17)12(13,14)11(18)4-2-5-11/h3,6-7,18H,2,4-5H2,1H3,(H,15,16,17). The quantitative estimate of drug-likeness (QED) is 0.868. The highest BCUT2D eigenvalue weighted by Crippen LogP contribution is 2.44. The van der Waals surface area contributed by atoms with Crippen LogP contribution in [0.1, 0.15) is 24.8 Å². The van der Waals surface area contributed by atoms with Crippen molar-refractivity contribution in [2.75, 3.05) is 5.32 Å². The average molecular weight is 256 g/mol. The largest absolute Gasteiger partial charge is 0.383 e. The number of aromatic nitrogens is 1. The fourth-order valence-electron chi connectivity index (χ4n) is 1.85. The maximum Gasteiger partial charge on any atom is 0.352 e. The van der Waals surface area contributed by atoms with Gasteiger partial charge in [0.15, 0.2) is 0 Å². The predicted octanol–water partition coefficient (Wildman–Crippen LogP) is 1.88. The number of nitrogens with zero attached hydrogens (tertiary/aromatic N) is 1. The van der Waals surface area contributed by atoms with Crippen molar-refractivity contribution in [1.82, 2.24) is 4.98 Å². The number of carbonyl (C=O) groups is 1. The van der Waals surface area contributed by atoms with Crippen LogP contribution in [0.3, 0.4) is 0 Å². The SMILES string of the molecule is Cc1cnccc1NC(=O)C(F)(F)C1(O)CCC1. The third-order valence-electron chi connectivity index (χ3n) is 3.32. The smallest absolute Gasteiger partial charge is 0.352 e. The molecule has 0 radical (unpaired) electrons. The van der Waals surface area contributed by atoms with Crippen molar-refractivity contribution in [3.63, 3.8) is 0 Å². The minimum absolute atomic E-state index is 0.0528. The molecule has 1 saturated carbocycles. The Labute approximate surface area is 103 Å². The Kier molecular flexibility index (Phi) is 3.06. The topological polar surface area (TPSA) is 62.2 Å². The molecule has 0 saturated heterocycles. The van der Waals surface area contributed by atoms with Crippen molar-refractivity contribution >= 4 is 11.6 Å². The minimum atomic E-state index is -3.78. The summed E-state index contributed by atoms with van der Waals surface area (Å²) in [4.78, 5) is 15.4. The van der Waals surface area contributed by atoms with Crippen LogP contribution in [-0.4, -0.2) is 27.5 Å². The van der Waals surface area contributed by atoms with Crippen molar-refractivity contribution in [2.45, 2.75) is 37.7 Å². The zero-order valence-corrected chi connectivity index (χ0v) is 9.91. The van der Waals surface area contributed by atoms with Crippen LogP contribution in [-0.2, 0) is 4.79 Å². The van der Waals surface area contributed by atoms with Gasteiger partial charge in [0, 0.05) is 18.1 Å². The number of aliphatic hydroxyl groups is 1. The molecule has 0 bridgehead atoms. The maximum absolute atomic E-state index is 13.8. The van der Waals surface area contributed by atoms with Crippen molar-refractivity contribution in [2.24, 2.45) is 0 Å². The van der Waals surface area contributed by atoms with Gasteiger partial charge in [-0.15, -0.1) is 0 Å². The summed E-state index contributed by atoms with van der Waals surface area (Å²) in [5.74, 6) is -5.25. The number of alkyl halides is 2. The van der Waals surface area contributed by atoms with E-state index in [2.05, 4.69) is 10.3 Å². The van der Waals surface area contributed by atoms with E-state index in [9.17, 15) is 18.7 Å². The Hall–Kier alpha value is -1.56. The zero-order valence-electron chi connectivity index (χ0n) is 9.91. The average Bonchev–Trinajstić information content (AvgIpc) is 2.28. The van der Waals surface area contributed by atoms with Gasteiger partial charge in [-0.3, -0.25) is 9.78 Å². The fourth-order valence-corrected chi connectivity index (χ4v) is 1.85. The molecule has 0 unspecified atom stereocenters. The summed E-state index contributed by atoms with van der Waals surface area (Å²) in [6.45, 7) is 1.65. The maximum atomic E-state index is 13.8. The second-order valence-corrected chi connectivity index (χ2v) is 4.60. The summed E-state index contributed by atoms with van der Waals surface area (Å²) in [5.41, 5.74) is -1.34. The molecule has 1 aliphatic rings. The number of anilines is 1. The van der Waals surface area contributed by atoms with E-state index in [1.54, 1.807) is 6.92 Å². The summed E-state index contributed by atoms with van der Waals surface area (Å²) in [6, 6.07) is 1.44. The lowest BCUT2D eigenvalue weighted by Crippen LogP contribution is -2.59. The minimum Gasteiger partial charge on any atom is -0.383 e. The van der Waals surface area contributed by atoms with Crippen molar-refractivity contribution in [1.29, 1.82) is 0 Å².